The molecule has 0 bridgehead atoms. The maximum absolute atomic E-state index is 13.0. The summed E-state index contributed by atoms with van der Waals surface area (Å²) in [5.41, 5.74) is -1.90. The number of halogens is 3. The van der Waals surface area contributed by atoms with Crippen molar-refractivity contribution in [3.05, 3.63) is 52.3 Å². The molecule has 0 N–H and O–H groups in total. The molecule has 112 valence electrons. The van der Waals surface area contributed by atoms with Crippen LogP contribution in [0.4, 0.5) is 13.2 Å². The van der Waals surface area contributed by atoms with Crippen LogP contribution in [0.2, 0.25) is 0 Å². The lowest BCUT2D eigenvalue weighted by molar-refractivity contribution is -0.139. The maximum atomic E-state index is 13.0. The van der Waals surface area contributed by atoms with Crippen molar-refractivity contribution >= 4 is 0 Å². The molecule has 0 radical (unpaired) electrons. The minimum absolute atomic E-state index is 0.0715. The highest BCUT2D eigenvalue weighted by atomic mass is 19.4. The Morgan fingerprint density at radius 2 is 1.90 bits per heavy atom. The molecule has 0 saturated heterocycles. The van der Waals surface area contributed by atoms with E-state index in [0.717, 1.165) is 6.07 Å². The molecule has 7 heteroatoms. The summed E-state index contributed by atoms with van der Waals surface area (Å²) in [5, 5.41) is 3.93. The summed E-state index contributed by atoms with van der Waals surface area (Å²) in [4.78, 5) is 11.8. The fourth-order valence-corrected chi connectivity index (χ4v) is 1.76. The summed E-state index contributed by atoms with van der Waals surface area (Å²) >= 11 is 0. The van der Waals surface area contributed by atoms with E-state index in [-0.39, 0.29) is 19.0 Å². The Labute approximate surface area is 118 Å². The van der Waals surface area contributed by atoms with Gasteiger partial charge in [0.1, 0.15) is 12.3 Å². The van der Waals surface area contributed by atoms with Crippen molar-refractivity contribution in [2.45, 2.75) is 19.8 Å². The Hall–Kier alpha value is -2.15. The number of ether oxygens (including phenoxy) is 1. The van der Waals surface area contributed by atoms with Gasteiger partial charge in [-0.1, -0.05) is 30.3 Å². The monoisotopic (exact) mass is 298 g/mol. The quantitative estimate of drug-likeness (QED) is 0.871. The third kappa shape index (κ3) is 3.49. The van der Waals surface area contributed by atoms with E-state index >= 15 is 0 Å². The Bertz CT molecular complexity index is 666. The van der Waals surface area contributed by atoms with E-state index in [0.29, 0.717) is 10.2 Å². The minimum Gasteiger partial charge on any atom is -0.359 e. The Morgan fingerprint density at radius 3 is 2.48 bits per heavy atom. The summed E-state index contributed by atoms with van der Waals surface area (Å²) in [6.45, 7) is 1.63. The molecule has 2 rings (SSSR count). The van der Waals surface area contributed by atoms with Crippen molar-refractivity contribution in [3.8, 4) is 11.3 Å². The molecule has 21 heavy (non-hydrogen) atoms. The number of nitrogens with zero attached hydrogens (tertiary/aromatic N) is 2. The van der Waals surface area contributed by atoms with Crippen molar-refractivity contribution in [3.63, 3.8) is 0 Å². The number of alkyl halides is 3. The molecular weight excluding hydrogens is 285 g/mol. The maximum Gasteiger partial charge on any atom is 0.421 e. The SMILES string of the molecule is CCOCn1nc(-c2ccccc2)cc(C(F)(F)F)c1=O. The number of rotatable bonds is 4. The summed E-state index contributed by atoms with van der Waals surface area (Å²) in [7, 11) is 0. The van der Waals surface area contributed by atoms with Crippen LogP contribution in [0.3, 0.4) is 0 Å². The smallest absolute Gasteiger partial charge is 0.359 e. The van der Waals surface area contributed by atoms with Gasteiger partial charge in [0.2, 0.25) is 0 Å². The fourth-order valence-electron chi connectivity index (χ4n) is 1.76. The van der Waals surface area contributed by atoms with Gasteiger partial charge in [0.05, 0.1) is 5.69 Å². The zero-order valence-electron chi connectivity index (χ0n) is 11.2. The first-order valence-electron chi connectivity index (χ1n) is 6.26. The highest BCUT2D eigenvalue weighted by Gasteiger charge is 2.35. The molecule has 0 spiro atoms. The van der Waals surface area contributed by atoms with Gasteiger partial charge in [0, 0.05) is 12.2 Å². The van der Waals surface area contributed by atoms with E-state index in [1.54, 1.807) is 37.3 Å². The third-order valence-corrected chi connectivity index (χ3v) is 2.77. The highest BCUT2D eigenvalue weighted by molar-refractivity contribution is 5.59. The van der Waals surface area contributed by atoms with Crippen molar-refractivity contribution in [2.75, 3.05) is 6.61 Å². The van der Waals surface area contributed by atoms with E-state index in [2.05, 4.69) is 5.10 Å². The molecule has 1 heterocycles. The molecule has 0 saturated carbocycles. The van der Waals surface area contributed by atoms with Gasteiger partial charge in [-0.15, -0.1) is 0 Å². The zero-order valence-corrected chi connectivity index (χ0v) is 11.2. The van der Waals surface area contributed by atoms with E-state index in [9.17, 15) is 18.0 Å². The predicted molar refractivity (Wildman–Crippen MR) is 70.6 cm³/mol. The molecule has 0 unspecified atom stereocenters. The lowest BCUT2D eigenvalue weighted by Crippen LogP contribution is -2.31. The molecule has 0 aliphatic rings. The summed E-state index contributed by atoms with van der Waals surface area (Å²) in [6, 6.07) is 9.12. The summed E-state index contributed by atoms with van der Waals surface area (Å²) < 4.78 is 44.6. The van der Waals surface area contributed by atoms with Crippen molar-refractivity contribution in [1.29, 1.82) is 0 Å². The Kier molecular flexibility index (Phi) is 4.42. The largest absolute Gasteiger partial charge is 0.421 e. The summed E-state index contributed by atoms with van der Waals surface area (Å²) in [6.07, 6.45) is -4.74. The molecular formula is C14H13F3N2O2. The molecule has 0 amide bonds. The van der Waals surface area contributed by atoms with Crippen LogP contribution in [0.1, 0.15) is 12.5 Å². The van der Waals surface area contributed by atoms with Gasteiger partial charge in [-0.25, -0.2) is 4.68 Å². The number of hydrogen-bond acceptors (Lipinski definition) is 3. The van der Waals surface area contributed by atoms with E-state index in [1.807, 2.05) is 0 Å². The van der Waals surface area contributed by atoms with Gasteiger partial charge in [0.15, 0.2) is 0 Å². The first-order chi connectivity index (χ1) is 9.93. The van der Waals surface area contributed by atoms with Crippen LogP contribution in [-0.2, 0) is 17.6 Å². The van der Waals surface area contributed by atoms with Gasteiger partial charge in [-0.2, -0.15) is 18.3 Å². The molecule has 0 aliphatic carbocycles. The fraction of sp³-hybridized carbons (Fsp3) is 0.286. The van der Waals surface area contributed by atoms with Gasteiger partial charge >= 0.3 is 6.18 Å². The Morgan fingerprint density at radius 1 is 1.24 bits per heavy atom. The molecule has 1 aromatic carbocycles. The predicted octanol–water partition coefficient (Wildman–Crippen LogP) is 2.92. The van der Waals surface area contributed by atoms with Crippen LogP contribution < -0.4 is 5.56 Å². The van der Waals surface area contributed by atoms with Crippen LogP contribution in [-0.4, -0.2) is 16.4 Å². The lowest BCUT2D eigenvalue weighted by atomic mass is 10.1. The second-order valence-electron chi connectivity index (χ2n) is 4.23. The van der Waals surface area contributed by atoms with Crippen molar-refractivity contribution < 1.29 is 17.9 Å². The lowest BCUT2D eigenvalue weighted by Gasteiger charge is -2.12. The van der Waals surface area contributed by atoms with Crippen LogP contribution in [0.5, 0.6) is 0 Å². The van der Waals surface area contributed by atoms with Crippen LogP contribution in [0.25, 0.3) is 11.3 Å². The van der Waals surface area contributed by atoms with E-state index in [1.165, 1.54) is 0 Å². The summed E-state index contributed by atoms with van der Waals surface area (Å²) in [5.74, 6) is 0. The molecule has 0 aliphatic heterocycles. The number of hydrogen-bond donors (Lipinski definition) is 0. The average molecular weight is 298 g/mol. The Balaban J connectivity index is 2.59. The molecule has 1 aromatic heterocycles. The first kappa shape index (κ1) is 15.2. The standard InChI is InChI=1S/C14H13F3N2O2/c1-2-21-9-19-13(20)11(14(15,16)17)8-12(18-19)10-6-4-3-5-7-10/h3-8H,2,9H2,1H3. The zero-order chi connectivity index (χ0) is 15.5. The van der Waals surface area contributed by atoms with Crippen molar-refractivity contribution in [1.82, 2.24) is 9.78 Å². The average Bonchev–Trinajstić information content (AvgIpc) is 2.46. The van der Waals surface area contributed by atoms with Gasteiger partial charge < -0.3 is 4.74 Å². The molecule has 0 fully saturated rings. The van der Waals surface area contributed by atoms with Crippen LogP contribution in [0, 0.1) is 0 Å². The molecule has 4 nitrogen and oxygen atoms in total. The highest BCUT2D eigenvalue weighted by Crippen LogP contribution is 2.28. The van der Waals surface area contributed by atoms with Crippen molar-refractivity contribution in [2.24, 2.45) is 0 Å². The van der Waals surface area contributed by atoms with Crippen LogP contribution >= 0.6 is 0 Å². The van der Waals surface area contributed by atoms with Gasteiger partial charge in [-0.05, 0) is 13.0 Å². The number of benzene rings is 1. The third-order valence-electron chi connectivity index (χ3n) is 2.77. The minimum atomic E-state index is -4.74. The molecule has 0 atom stereocenters. The topological polar surface area (TPSA) is 44.1 Å². The van der Waals surface area contributed by atoms with Crippen LogP contribution in [0.15, 0.2) is 41.2 Å². The van der Waals surface area contributed by atoms with E-state index < -0.39 is 17.3 Å². The van der Waals surface area contributed by atoms with Gasteiger partial charge in [0.25, 0.3) is 5.56 Å². The first-order valence-corrected chi connectivity index (χ1v) is 6.26. The van der Waals surface area contributed by atoms with Gasteiger partial charge in [-0.3, -0.25) is 4.79 Å². The normalized spacial score (nSPS) is 11.6. The molecule has 2 aromatic rings. The van der Waals surface area contributed by atoms with E-state index in [4.69, 9.17) is 4.74 Å². The number of aromatic nitrogens is 2. The second kappa shape index (κ2) is 6.09. The second-order valence-corrected chi connectivity index (χ2v) is 4.23.